The first-order valence-corrected chi connectivity index (χ1v) is 5.72. The monoisotopic (exact) mass is 252 g/mol. The molecule has 0 aliphatic carbocycles. The van der Waals surface area contributed by atoms with E-state index < -0.39 is 5.41 Å². The van der Waals surface area contributed by atoms with E-state index in [0.717, 1.165) is 0 Å². The van der Waals surface area contributed by atoms with E-state index in [9.17, 15) is 9.59 Å². The fourth-order valence-corrected chi connectivity index (χ4v) is 1.95. The van der Waals surface area contributed by atoms with Crippen LogP contribution in [0.3, 0.4) is 0 Å². The van der Waals surface area contributed by atoms with Gasteiger partial charge in [0.25, 0.3) is 0 Å². The summed E-state index contributed by atoms with van der Waals surface area (Å²) in [6.07, 6.45) is 0.212. The van der Waals surface area contributed by atoms with E-state index in [1.165, 1.54) is 0 Å². The number of carbonyl (C=O) groups is 2. The van der Waals surface area contributed by atoms with Crippen molar-refractivity contribution in [1.82, 2.24) is 5.32 Å². The molecule has 4 nitrogen and oxygen atoms in total. The van der Waals surface area contributed by atoms with Crippen LogP contribution in [0.2, 0.25) is 5.02 Å². The maximum absolute atomic E-state index is 12.1. The molecular weight excluding hydrogens is 240 g/mol. The Bertz CT molecular complexity index is 475. The van der Waals surface area contributed by atoms with Gasteiger partial charge < -0.3 is 10.6 Å². The van der Waals surface area contributed by atoms with Gasteiger partial charge in [-0.25, -0.2) is 0 Å². The zero-order valence-corrected chi connectivity index (χ0v) is 10.2. The number of para-hydroxylation sites is 1. The fourth-order valence-electron chi connectivity index (χ4n) is 1.77. The Morgan fingerprint density at radius 1 is 1.47 bits per heavy atom. The molecule has 2 N–H and O–H groups in total. The number of benzene rings is 1. The Morgan fingerprint density at radius 2 is 2.18 bits per heavy atom. The highest BCUT2D eigenvalue weighted by molar-refractivity contribution is 6.33. The second-order valence-corrected chi connectivity index (χ2v) is 4.86. The average Bonchev–Trinajstić information content (AvgIpc) is 2.63. The lowest BCUT2D eigenvalue weighted by atomic mass is 9.88. The van der Waals surface area contributed by atoms with Gasteiger partial charge in [0.15, 0.2) is 0 Å². The number of amides is 2. The Hall–Kier alpha value is -1.55. The topological polar surface area (TPSA) is 58.2 Å². The van der Waals surface area contributed by atoms with Gasteiger partial charge in [-0.1, -0.05) is 23.7 Å². The van der Waals surface area contributed by atoms with Crippen LogP contribution in [0.25, 0.3) is 0 Å². The lowest BCUT2D eigenvalue weighted by Crippen LogP contribution is -2.35. The third-order valence-electron chi connectivity index (χ3n) is 2.90. The quantitative estimate of drug-likeness (QED) is 0.843. The molecule has 0 saturated carbocycles. The summed E-state index contributed by atoms with van der Waals surface area (Å²) in [7, 11) is 0. The van der Waals surface area contributed by atoms with Crippen LogP contribution in [0.1, 0.15) is 13.3 Å². The van der Waals surface area contributed by atoms with Gasteiger partial charge in [-0.3, -0.25) is 9.59 Å². The van der Waals surface area contributed by atoms with Crippen LogP contribution in [-0.2, 0) is 9.59 Å². The van der Waals surface area contributed by atoms with Gasteiger partial charge >= 0.3 is 0 Å². The average molecular weight is 253 g/mol. The van der Waals surface area contributed by atoms with Crippen molar-refractivity contribution in [3.63, 3.8) is 0 Å². The number of hydrogen-bond donors (Lipinski definition) is 2. The first-order valence-electron chi connectivity index (χ1n) is 5.34. The molecule has 1 heterocycles. The maximum atomic E-state index is 12.1. The van der Waals surface area contributed by atoms with E-state index in [-0.39, 0.29) is 18.2 Å². The summed E-state index contributed by atoms with van der Waals surface area (Å²) in [5, 5.41) is 5.90. The van der Waals surface area contributed by atoms with Crippen molar-refractivity contribution in [1.29, 1.82) is 0 Å². The van der Waals surface area contributed by atoms with Gasteiger partial charge in [0.05, 0.1) is 16.1 Å². The minimum atomic E-state index is -0.698. The minimum Gasteiger partial charge on any atom is -0.355 e. The third-order valence-corrected chi connectivity index (χ3v) is 3.23. The molecule has 2 amide bonds. The molecule has 1 fully saturated rings. The molecule has 1 aliphatic heterocycles. The summed E-state index contributed by atoms with van der Waals surface area (Å²) < 4.78 is 0. The van der Waals surface area contributed by atoms with E-state index >= 15 is 0 Å². The molecule has 0 spiro atoms. The predicted molar refractivity (Wildman–Crippen MR) is 65.8 cm³/mol. The van der Waals surface area contributed by atoms with Crippen LogP contribution < -0.4 is 10.6 Å². The number of nitrogens with one attached hydrogen (secondary N) is 2. The summed E-state index contributed by atoms with van der Waals surface area (Å²) in [6.45, 7) is 2.12. The van der Waals surface area contributed by atoms with Crippen LogP contribution in [0.15, 0.2) is 24.3 Å². The number of carbonyl (C=O) groups excluding carboxylic acids is 2. The summed E-state index contributed by atoms with van der Waals surface area (Å²) >= 11 is 5.95. The summed E-state index contributed by atoms with van der Waals surface area (Å²) in [6, 6.07) is 7.02. The largest absolute Gasteiger partial charge is 0.355 e. The van der Waals surface area contributed by atoms with Crippen molar-refractivity contribution < 1.29 is 9.59 Å². The molecule has 0 radical (unpaired) electrons. The summed E-state index contributed by atoms with van der Waals surface area (Å²) in [5.41, 5.74) is -0.129. The number of hydrogen-bond acceptors (Lipinski definition) is 2. The fraction of sp³-hybridized carbons (Fsp3) is 0.333. The Morgan fingerprint density at radius 3 is 2.76 bits per heavy atom. The molecule has 17 heavy (non-hydrogen) atoms. The van der Waals surface area contributed by atoms with E-state index in [4.69, 9.17) is 11.6 Å². The van der Waals surface area contributed by atoms with Gasteiger partial charge in [0.2, 0.25) is 11.8 Å². The predicted octanol–water partition coefficient (Wildman–Crippen LogP) is 1.80. The van der Waals surface area contributed by atoms with Gasteiger partial charge in [-0.2, -0.15) is 0 Å². The SMILES string of the molecule is CC1(C(=O)Nc2ccccc2Cl)CNC(=O)C1. The van der Waals surface area contributed by atoms with Crippen molar-refractivity contribution in [2.45, 2.75) is 13.3 Å². The molecule has 1 atom stereocenters. The molecule has 1 aromatic rings. The van der Waals surface area contributed by atoms with Gasteiger partial charge in [-0.05, 0) is 19.1 Å². The molecule has 1 unspecified atom stereocenters. The molecule has 0 bridgehead atoms. The van der Waals surface area contributed by atoms with Crippen molar-refractivity contribution in [2.24, 2.45) is 5.41 Å². The zero-order chi connectivity index (χ0) is 12.5. The highest BCUT2D eigenvalue weighted by Crippen LogP contribution is 2.29. The van der Waals surface area contributed by atoms with Crippen molar-refractivity contribution in [3.8, 4) is 0 Å². The maximum Gasteiger partial charge on any atom is 0.232 e. The smallest absolute Gasteiger partial charge is 0.232 e. The standard InChI is InChI=1S/C12H13ClN2O2/c1-12(6-10(16)14-7-12)11(17)15-9-5-3-2-4-8(9)13/h2-5H,6-7H2,1H3,(H,14,16)(H,15,17). The molecule has 0 aromatic heterocycles. The second-order valence-electron chi connectivity index (χ2n) is 4.45. The Labute approximate surface area is 104 Å². The number of anilines is 1. The van der Waals surface area contributed by atoms with Gasteiger partial charge in [-0.15, -0.1) is 0 Å². The number of rotatable bonds is 2. The normalized spacial score (nSPS) is 23.3. The van der Waals surface area contributed by atoms with Crippen molar-refractivity contribution in [2.75, 3.05) is 11.9 Å². The highest BCUT2D eigenvalue weighted by atomic mass is 35.5. The van der Waals surface area contributed by atoms with Crippen LogP contribution in [0.4, 0.5) is 5.69 Å². The lowest BCUT2D eigenvalue weighted by Gasteiger charge is -2.20. The van der Waals surface area contributed by atoms with Crippen molar-refractivity contribution in [3.05, 3.63) is 29.3 Å². The number of halogens is 1. The molecular formula is C12H13ClN2O2. The van der Waals surface area contributed by atoms with E-state index in [0.29, 0.717) is 17.3 Å². The van der Waals surface area contributed by atoms with Crippen LogP contribution in [-0.4, -0.2) is 18.4 Å². The highest BCUT2D eigenvalue weighted by Gasteiger charge is 2.40. The molecule has 1 saturated heterocycles. The van der Waals surface area contributed by atoms with E-state index in [1.807, 2.05) is 0 Å². The summed E-state index contributed by atoms with van der Waals surface area (Å²) in [4.78, 5) is 23.2. The van der Waals surface area contributed by atoms with Crippen LogP contribution in [0, 0.1) is 5.41 Å². The van der Waals surface area contributed by atoms with E-state index in [1.54, 1.807) is 31.2 Å². The third kappa shape index (κ3) is 2.42. The summed E-state index contributed by atoms with van der Waals surface area (Å²) in [5.74, 6) is -0.286. The molecule has 5 heteroatoms. The molecule has 1 aliphatic rings. The van der Waals surface area contributed by atoms with Gasteiger partial charge in [0.1, 0.15) is 0 Å². The van der Waals surface area contributed by atoms with Gasteiger partial charge in [0, 0.05) is 13.0 Å². The van der Waals surface area contributed by atoms with Crippen LogP contribution >= 0.6 is 11.6 Å². The zero-order valence-electron chi connectivity index (χ0n) is 9.42. The Kier molecular flexibility index (Phi) is 3.07. The molecule has 1 aromatic carbocycles. The van der Waals surface area contributed by atoms with Crippen molar-refractivity contribution >= 4 is 29.1 Å². The van der Waals surface area contributed by atoms with Crippen LogP contribution in [0.5, 0.6) is 0 Å². The molecule has 90 valence electrons. The second kappa shape index (κ2) is 4.37. The lowest BCUT2D eigenvalue weighted by molar-refractivity contribution is -0.126. The first kappa shape index (κ1) is 11.9. The Balaban J connectivity index is 2.12. The molecule has 2 rings (SSSR count). The van der Waals surface area contributed by atoms with E-state index in [2.05, 4.69) is 10.6 Å². The first-order chi connectivity index (χ1) is 8.01. The minimum absolute atomic E-state index is 0.0955.